The van der Waals surface area contributed by atoms with Gasteiger partial charge in [-0.25, -0.2) is 0 Å². The van der Waals surface area contributed by atoms with Crippen LogP contribution in [0.5, 0.6) is 0 Å². The first-order valence-electron chi connectivity index (χ1n) is 6.23. The highest BCUT2D eigenvalue weighted by atomic mass is 16.1. The number of hydrogen-bond acceptors (Lipinski definition) is 3. The van der Waals surface area contributed by atoms with Crippen LogP contribution >= 0.6 is 0 Å². The SMILES string of the molecule is CCCN(C(C)CC(C)(N)C(N)=O)C1CC1. The number of carbonyl (C=O) groups excluding carboxylic acids is 1. The van der Waals surface area contributed by atoms with Crippen molar-refractivity contribution < 1.29 is 4.79 Å². The summed E-state index contributed by atoms with van der Waals surface area (Å²) in [6, 6.07) is 1.04. The molecular weight excluding hydrogens is 202 g/mol. The summed E-state index contributed by atoms with van der Waals surface area (Å²) in [6.45, 7) is 7.13. The molecule has 4 heteroatoms. The molecule has 1 aliphatic carbocycles. The lowest BCUT2D eigenvalue weighted by Gasteiger charge is -2.33. The minimum Gasteiger partial charge on any atom is -0.368 e. The number of primary amides is 1. The second-order valence-corrected chi connectivity index (χ2v) is 5.30. The fraction of sp³-hybridized carbons (Fsp3) is 0.917. The van der Waals surface area contributed by atoms with Gasteiger partial charge < -0.3 is 11.5 Å². The molecule has 0 radical (unpaired) electrons. The Bertz CT molecular complexity index is 249. The van der Waals surface area contributed by atoms with E-state index in [1.54, 1.807) is 6.92 Å². The highest BCUT2D eigenvalue weighted by Gasteiger charge is 2.35. The number of amides is 1. The molecule has 0 spiro atoms. The van der Waals surface area contributed by atoms with E-state index >= 15 is 0 Å². The van der Waals surface area contributed by atoms with Crippen molar-refractivity contribution in [1.82, 2.24) is 4.90 Å². The number of nitrogens with zero attached hydrogens (tertiary/aromatic N) is 1. The van der Waals surface area contributed by atoms with Gasteiger partial charge in [0.05, 0.1) is 5.54 Å². The van der Waals surface area contributed by atoms with E-state index in [4.69, 9.17) is 11.5 Å². The Hall–Kier alpha value is -0.610. The van der Waals surface area contributed by atoms with E-state index in [2.05, 4.69) is 18.7 Å². The summed E-state index contributed by atoms with van der Waals surface area (Å²) in [5.74, 6) is -0.411. The number of nitrogens with two attached hydrogens (primary N) is 2. The smallest absolute Gasteiger partial charge is 0.237 e. The van der Waals surface area contributed by atoms with Crippen LogP contribution < -0.4 is 11.5 Å². The molecule has 0 bridgehead atoms. The maximum Gasteiger partial charge on any atom is 0.237 e. The van der Waals surface area contributed by atoms with Gasteiger partial charge in [-0.2, -0.15) is 0 Å². The number of rotatable bonds is 7. The van der Waals surface area contributed by atoms with Gasteiger partial charge in [0.2, 0.25) is 5.91 Å². The Balaban J connectivity index is 2.54. The van der Waals surface area contributed by atoms with E-state index < -0.39 is 11.4 Å². The fourth-order valence-corrected chi connectivity index (χ4v) is 2.26. The molecule has 1 aliphatic rings. The molecule has 1 fully saturated rings. The van der Waals surface area contributed by atoms with Gasteiger partial charge in [-0.3, -0.25) is 9.69 Å². The maximum atomic E-state index is 11.2. The summed E-state index contributed by atoms with van der Waals surface area (Å²) in [7, 11) is 0. The molecule has 0 aliphatic heterocycles. The van der Waals surface area contributed by atoms with Crippen LogP contribution in [0.3, 0.4) is 0 Å². The normalized spacial score (nSPS) is 21.8. The highest BCUT2D eigenvalue weighted by molar-refractivity contribution is 5.83. The molecule has 4 N–H and O–H groups in total. The van der Waals surface area contributed by atoms with Crippen LogP contribution in [0.2, 0.25) is 0 Å². The Labute approximate surface area is 98.3 Å². The molecule has 0 aromatic heterocycles. The topological polar surface area (TPSA) is 72.3 Å². The molecule has 2 unspecified atom stereocenters. The van der Waals surface area contributed by atoms with E-state index in [1.807, 2.05) is 0 Å². The largest absolute Gasteiger partial charge is 0.368 e. The molecule has 1 rings (SSSR count). The van der Waals surface area contributed by atoms with Gasteiger partial charge in [0, 0.05) is 12.1 Å². The predicted octanol–water partition coefficient (Wildman–Crippen LogP) is 0.842. The zero-order valence-corrected chi connectivity index (χ0v) is 10.7. The Morgan fingerprint density at radius 2 is 2.12 bits per heavy atom. The minimum atomic E-state index is -0.889. The van der Waals surface area contributed by atoms with Crippen molar-refractivity contribution in [3.05, 3.63) is 0 Å². The van der Waals surface area contributed by atoms with Gasteiger partial charge in [-0.1, -0.05) is 6.92 Å². The molecule has 4 nitrogen and oxygen atoms in total. The second kappa shape index (κ2) is 5.15. The van der Waals surface area contributed by atoms with Gasteiger partial charge in [0.15, 0.2) is 0 Å². The number of carbonyl (C=O) groups is 1. The van der Waals surface area contributed by atoms with E-state index in [9.17, 15) is 4.79 Å². The average Bonchev–Trinajstić information content (AvgIpc) is 2.96. The third kappa shape index (κ3) is 3.46. The summed E-state index contributed by atoms with van der Waals surface area (Å²) < 4.78 is 0. The van der Waals surface area contributed by atoms with Crippen LogP contribution in [0.25, 0.3) is 0 Å². The van der Waals surface area contributed by atoms with E-state index in [-0.39, 0.29) is 0 Å². The van der Waals surface area contributed by atoms with Crippen molar-refractivity contribution in [2.24, 2.45) is 11.5 Å². The molecule has 0 heterocycles. The lowest BCUT2D eigenvalue weighted by Crippen LogP contribution is -2.53. The van der Waals surface area contributed by atoms with Crippen molar-refractivity contribution in [1.29, 1.82) is 0 Å². The van der Waals surface area contributed by atoms with Crippen LogP contribution in [0.15, 0.2) is 0 Å². The average molecular weight is 227 g/mol. The molecule has 2 atom stereocenters. The van der Waals surface area contributed by atoms with E-state index in [0.29, 0.717) is 18.5 Å². The molecule has 1 amide bonds. The van der Waals surface area contributed by atoms with Crippen LogP contribution in [0.4, 0.5) is 0 Å². The van der Waals surface area contributed by atoms with Crippen LogP contribution in [-0.4, -0.2) is 35.0 Å². The Morgan fingerprint density at radius 1 is 1.56 bits per heavy atom. The van der Waals surface area contributed by atoms with Gasteiger partial charge in [-0.15, -0.1) is 0 Å². The lowest BCUT2D eigenvalue weighted by molar-refractivity contribution is -0.123. The first kappa shape index (κ1) is 13.5. The third-order valence-electron chi connectivity index (χ3n) is 3.35. The van der Waals surface area contributed by atoms with Crippen molar-refractivity contribution in [2.75, 3.05) is 6.54 Å². The van der Waals surface area contributed by atoms with Crippen molar-refractivity contribution in [3.63, 3.8) is 0 Å². The summed E-state index contributed by atoms with van der Waals surface area (Å²) in [6.07, 6.45) is 4.34. The van der Waals surface area contributed by atoms with E-state index in [0.717, 1.165) is 13.0 Å². The van der Waals surface area contributed by atoms with Crippen LogP contribution in [0.1, 0.15) is 46.5 Å². The van der Waals surface area contributed by atoms with Crippen molar-refractivity contribution in [2.45, 2.75) is 64.1 Å². The quantitative estimate of drug-likeness (QED) is 0.677. The zero-order chi connectivity index (χ0) is 12.3. The molecular formula is C12H25N3O. The molecule has 0 saturated heterocycles. The molecule has 1 saturated carbocycles. The predicted molar refractivity (Wildman–Crippen MR) is 65.9 cm³/mol. The third-order valence-corrected chi connectivity index (χ3v) is 3.35. The first-order chi connectivity index (χ1) is 7.38. The van der Waals surface area contributed by atoms with Crippen molar-refractivity contribution in [3.8, 4) is 0 Å². The molecule has 16 heavy (non-hydrogen) atoms. The molecule has 0 aromatic rings. The zero-order valence-electron chi connectivity index (χ0n) is 10.7. The van der Waals surface area contributed by atoms with Gasteiger partial charge in [0.25, 0.3) is 0 Å². The van der Waals surface area contributed by atoms with Gasteiger partial charge >= 0.3 is 0 Å². The van der Waals surface area contributed by atoms with Crippen molar-refractivity contribution >= 4 is 5.91 Å². The fourth-order valence-electron chi connectivity index (χ4n) is 2.26. The van der Waals surface area contributed by atoms with Crippen LogP contribution in [-0.2, 0) is 4.79 Å². The Kier molecular flexibility index (Phi) is 4.33. The molecule has 94 valence electrons. The lowest BCUT2D eigenvalue weighted by atomic mass is 9.93. The summed E-state index contributed by atoms with van der Waals surface area (Å²) >= 11 is 0. The highest BCUT2D eigenvalue weighted by Crippen LogP contribution is 2.30. The minimum absolute atomic E-state index is 0.329. The maximum absolute atomic E-state index is 11.2. The second-order valence-electron chi connectivity index (χ2n) is 5.30. The van der Waals surface area contributed by atoms with Gasteiger partial charge in [-0.05, 0) is 46.1 Å². The Morgan fingerprint density at radius 3 is 2.50 bits per heavy atom. The molecule has 0 aromatic carbocycles. The van der Waals surface area contributed by atoms with Crippen LogP contribution in [0, 0.1) is 0 Å². The monoisotopic (exact) mass is 227 g/mol. The standard InChI is InChI=1S/C12H25N3O/c1-4-7-15(10-5-6-10)9(2)8-12(3,14)11(13)16/h9-10H,4-8,14H2,1-3H3,(H2,13,16). The summed E-state index contributed by atoms with van der Waals surface area (Å²) in [5, 5.41) is 0. The van der Waals surface area contributed by atoms with E-state index in [1.165, 1.54) is 12.8 Å². The summed E-state index contributed by atoms with van der Waals surface area (Å²) in [5.41, 5.74) is 10.3. The summed E-state index contributed by atoms with van der Waals surface area (Å²) in [4.78, 5) is 13.7. The first-order valence-corrected chi connectivity index (χ1v) is 6.23. The van der Waals surface area contributed by atoms with Gasteiger partial charge in [0.1, 0.15) is 0 Å². The number of hydrogen-bond donors (Lipinski definition) is 2.